The van der Waals surface area contributed by atoms with E-state index in [0.29, 0.717) is 16.9 Å². The number of hydrogen-bond donors (Lipinski definition) is 1. The first kappa shape index (κ1) is 19.6. The molecule has 28 heavy (non-hydrogen) atoms. The van der Waals surface area contributed by atoms with Gasteiger partial charge in [-0.3, -0.25) is 9.10 Å². The van der Waals surface area contributed by atoms with Gasteiger partial charge in [0, 0.05) is 11.3 Å². The quantitative estimate of drug-likeness (QED) is 0.681. The van der Waals surface area contributed by atoms with Gasteiger partial charge < -0.3 is 5.32 Å². The second-order valence-corrected chi connectivity index (χ2v) is 8.47. The molecule has 3 aromatic carbocycles. The molecule has 6 heteroatoms. The lowest BCUT2D eigenvalue weighted by Gasteiger charge is -2.23. The molecule has 0 saturated carbocycles. The summed E-state index contributed by atoms with van der Waals surface area (Å²) in [5.41, 5.74) is 3.63. The number of carbonyl (C=O) groups is 1. The average Bonchev–Trinajstić information content (AvgIpc) is 2.67. The molecule has 0 fully saturated rings. The van der Waals surface area contributed by atoms with E-state index < -0.39 is 10.0 Å². The van der Waals surface area contributed by atoms with Gasteiger partial charge in [0.1, 0.15) is 0 Å². The second kappa shape index (κ2) is 8.27. The lowest BCUT2D eigenvalue weighted by atomic mass is 10.1. The van der Waals surface area contributed by atoms with Crippen LogP contribution in [0.15, 0.2) is 78.9 Å². The van der Waals surface area contributed by atoms with Crippen LogP contribution in [0.4, 0.5) is 11.4 Å². The SMILES string of the molecule is Cc1ccccc1CN(c1ccc(C(=O)Nc2ccccc2)cc1)S(C)(=O)=O. The third kappa shape index (κ3) is 4.78. The van der Waals surface area contributed by atoms with Crippen LogP contribution in [0.3, 0.4) is 0 Å². The summed E-state index contributed by atoms with van der Waals surface area (Å²) >= 11 is 0. The van der Waals surface area contributed by atoms with Gasteiger partial charge in [0.25, 0.3) is 5.91 Å². The summed E-state index contributed by atoms with van der Waals surface area (Å²) in [4.78, 5) is 12.4. The Balaban J connectivity index is 1.82. The van der Waals surface area contributed by atoms with Crippen LogP contribution in [0.25, 0.3) is 0 Å². The summed E-state index contributed by atoms with van der Waals surface area (Å²) in [5, 5.41) is 2.81. The number of anilines is 2. The van der Waals surface area contributed by atoms with Crippen LogP contribution in [0, 0.1) is 6.92 Å². The molecular formula is C22H22N2O3S. The molecule has 0 bridgehead atoms. The lowest BCUT2D eigenvalue weighted by Crippen LogP contribution is -2.29. The summed E-state index contributed by atoms with van der Waals surface area (Å²) < 4.78 is 26.0. The summed E-state index contributed by atoms with van der Waals surface area (Å²) in [6, 6.07) is 23.4. The monoisotopic (exact) mass is 394 g/mol. The van der Waals surface area contributed by atoms with Crippen molar-refractivity contribution in [2.75, 3.05) is 15.9 Å². The number of carbonyl (C=O) groups excluding carboxylic acids is 1. The van der Waals surface area contributed by atoms with Crippen LogP contribution in [0.5, 0.6) is 0 Å². The van der Waals surface area contributed by atoms with E-state index in [2.05, 4.69) is 5.32 Å². The largest absolute Gasteiger partial charge is 0.322 e. The zero-order chi connectivity index (χ0) is 20.1. The molecule has 0 heterocycles. The highest BCUT2D eigenvalue weighted by Crippen LogP contribution is 2.23. The van der Waals surface area contributed by atoms with Crippen LogP contribution in [0.1, 0.15) is 21.5 Å². The van der Waals surface area contributed by atoms with Crippen molar-refractivity contribution in [3.05, 3.63) is 95.6 Å². The minimum absolute atomic E-state index is 0.237. The number of nitrogens with one attached hydrogen (secondary N) is 1. The molecule has 1 N–H and O–H groups in total. The minimum Gasteiger partial charge on any atom is -0.322 e. The fraction of sp³-hybridized carbons (Fsp3) is 0.136. The number of nitrogens with zero attached hydrogens (tertiary/aromatic N) is 1. The molecule has 0 saturated heterocycles. The van der Waals surface area contributed by atoms with E-state index in [1.807, 2.05) is 49.4 Å². The first-order chi connectivity index (χ1) is 13.3. The normalized spacial score (nSPS) is 11.1. The lowest BCUT2D eigenvalue weighted by molar-refractivity contribution is 0.102. The average molecular weight is 394 g/mol. The Kier molecular flexibility index (Phi) is 5.80. The summed E-state index contributed by atoms with van der Waals surface area (Å²) in [7, 11) is -3.48. The summed E-state index contributed by atoms with van der Waals surface area (Å²) in [6.45, 7) is 2.19. The van der Waals surface area contributed by atoms with Crippen LogP contribution in [-0.2, 0) is 16.6 Å². The van der Waals surface area contributed by atoms with Crippen molar-refractivity contribution >= 4 is 27.3 Å². The van der Waals surface area contributed by atoms with Crippen molar-refractivity contribution in [3.8, 4) is 0 Å². The van der Waals surface area contributed by atoms with Crippen molar-refractivity contribution in [3.63, 3.8) is 0 Å². The number of para-hydroxylation sites is 1. The van der Waals surface area contributed by atoms with Crippen LogP contribution in [-0.4, -0.2) is 20.6 Å². The van der Waals surface area contributed by atoms with Gasteiger partial charge in [0.05, 0.1) is 18.5 Å². The minimum atomic E-state index is -3.48. The topological polar surface area (TPSA) is 66.5 Å². The van der Waals surface area contributed by atoms with E-state index >= 15 is 0 Å². The first-order valence-electron chi connectivity index (χ1n) is 8.83. The standard InChI is InChI=1S/C22H22N2O3S/c1-17-8-6-7-9-19(17)16-24(28(2,26)27)21-14-12-18(13-15-21)22(25)23-20-10-4-3-5-11-20/h3-15H,16H2,1-2H3,(H,23,25). The first-order valence-corrected chi connectivity index (χ1v) is 10.7. The smallest absolute Gasteiger partial charge is 0.255 e. The molecule has 3 rings (SSSR count). The number of sulfonamides is 1. The molecule has 0 aromatic heterocycles. The Hall–Kier alpha value is -3.12. The fourth-order valence-corrected chi connectivity index (χ4v) is 3.72. The molecule has 5 nitrogen and oxygen atoms in total. The molecule has 0 unspecified atom stereocenters. The van der Waals surface area contributed by atoms with E-state index in [4.69, 9.17) is 0 Å². The predicted molar refractivity (Wildman–Crippen MR) is 113 cm³/mol. The van der Waals surface area contributed by atoms with E-state index in [-0.39, 0.29) is 12.5 Å². The van der Waals surface area contributed by atoms with E-state index in [1.54, 1.807) is 36.4 Å². The van der Waals surface area contributed by atoms with Gasteiger partial charge >= 0.3 is 0 Å². The highest BCUT2D eigenvalue weighted by Gasteiger charge is 2.19. The van der Waals surface area contributed by atoms with Crippen molar-refractivity contribution in [1.29, 1.82) is 0 Å². The van der Waals surface area contributed by atoms with E-state index in [0.717, 1.165) is 11.1 Å². The Morgan fingerprint density at radius 1 is 0.893 bits per heavy atom. The highest BCUT2D eigenvalue weighted by molar-refractivity contribution is 7.92. The zero-order valence-electron chi connectivity index (χ0n) is 15.8. The van der Waals surface area contributed by atoms with E-state index in [9.17, 15) is 13.2 Å². The molecule has 1 amide bonds. The number of rotatable bonds is 6. The molecule has 0 spiro atoms. The van der Waals surface area contributed by atoms with Gasteiger partial charge in [-0.05, 0) is 54.4 Å². The number of amides is 1. The van der Waals surface area contributed by atoms with Crippen molar-refractivity contribution in [1.82, 2.24) is 0 Å². The van der Waals surface area contributed by atoms with Crippen molar-refractivity contribution in [2.45, 2.75) is 13.5 Å². The van der Waals surface area contributed by atoms with Crippen LogP contribution in [0.2, 0.25) is 0 Å². The zero-order valence-corrected chi connectivity index (χ0v) is 16.6. The summed E-state index contributed by atoms with van der Waals surface area (Å²) in [6.07, 6.45) is 1.18. The van der Waals surface area contributed by atoms with Gasteiger partial charge in [-0.1, -0.05) is 42.5 Å². The maximum Gasteiger partial charge on any atom is 0.255 e. The van der Waals surface area contributed by atoms with E-state index in [1.165, 1.54) is 10.6 Å². The number of benzene rings is 3. The molecular weight excluding hydrogens is 372 g/mol. The second-order valence-electron chi connectivity index (χ2n) is 6.56. The Labute approximate surface area is 165 Å². The summed E-state index contributed by atoms with van der Waals surface area (Å²) in [5.74, 6) is -0.248. The third-order valence-corrected chi connectivity index (χ3v) is 5.57. The molecule has 0 aliphatic heterocycles. The third-order valence-electron chi connectivity index (χ3n) is 4.42. The van der Waals surface area contributed by atoms with Gasteiger partial charge in [0.2, 0.25) is 10.0 Å². The van der Waals surface area contributed by atoms with Gasteiger partial charge in [-0.25, -0.2) is 8.42 Å². The molecule has 3 aromatic rings. The molecule has 144 valence electrons. The molecule has 0 aliphatic carbocycles. The highest BCUT2D eigenvalue weighted by atomic mass is 32.2. The maximum absolute atomic E-state index is 12.4. The van der Waals surface area contributed by atoms with Crippen molar-refractivity contribution in [2.24, 2.45) is 0 Å². The Morgan fingerprint density at radius 2 is 1.50 bits per heavy atom. The van der Waals surface area contributed by atoms with Crippen LogP contribution < -0.4 is 9.62 Å². The predicted octanol–water partition coefficient (Wildman–Crippen LogP) is 4.21. The van der Waals surface area contributed by atoms with Gasteiger partial charge in [0.15, 0.2) is 0 Å². The fourth-order valence-electron chi connectivity index (χ4n) is 2.85. The van der Waals surface area contributed by atoms with Gasteiger partial charge in [-0.2, -0.15) is 0 Å². The number of hydrogen-bond acceptors (Lipinski definition) is 3. The molecule has 0 aliphatic rings. The van der Waals surface area contributed by atoms with Gasteiger partial charge in [-0.15, -0.1) is 0 Å². The molecule has 0 radical (unpaired) electrons. The Bertz CT molecular complexity index is 1060. The maximum atomic E-state index is 12.4. The molecule has 0 atom stereocenters. The van der Waals surface area contributed by atoms with Crippen molar-refractivity contribution < 1.29 is 13.2 Å². The number of aryl methyl sites for hydroxylation is 1. The van der Waals surface area contributed by atoms with Crippen LogP contribution >= 0.6 is 0 Å². The Morgan fingerprint density at radius 3 is 2.11 bits per heavy atom.